The van der Waals surface area contributed by atoms with Gasteiger partial charge in [0.25, 0.3) is 0 Å². The second-order valence-corrected chi connectivity index (χ2v) is 6.97. The second-order valence-electron chi connectivity index (χ2n) is 5.09. The van der Waals surface area contributed by atoms with Crippen LogP contribution in [0.15, 0.2) is 29.2 Å². The number of nitrogens with one attached hydrogen (secondary N) is 2. The van der Waals surface area contributed by atoms with Gasteiger partial charge in [-0.1, -0.05) is 12.1 Å². The summed E-state index contributed by atoms with van der Waals surface area (Å²) in [7, 11) is -2.12. The van der Waals surface area contributed by atoms with Crippen molar-refractivity contribution >= 4 is 15.9 Å². The third kappa shape index (κ3) is 5.45. The first-order valence-electron chi connectivity index (χ1n) is 6.84. The predicted octanol–water partition coefficient (Wildman–Crippen LogP) is 0.899. The Hall–Kier alpha value is -1.44. The largest absolute Gasteiger partial charge is 0.350 e. The fourth-order valence-electron chi connectivity index (χ4n) is 1.82. The minimum absolute atomic E-state index is 0.0184. The van der Waals surface area contributed by atoms with E-state index in [1.54, 1.807) is 18.2 Å². The molecule has 0 saturated carbocycles. The molecule has 21 heavy (non-hydrogen) atoms. The molecule has 0 heterocycles. The van der Waals surface area contributed by atoms with E-state index < -0.39 is 10.0 Å². The van der Waals surface area contributed by atoms with Crippen molar-refractivity contribution in [2.45, 2.75) is 43.7 Å². The van der Waals surface area contributed by atoms with Crippen LogP contribution in [0.3, 0.4) is 0 Å². The van der Waals surface area contributed by atoms with Crippen molar-refractivity contribution in [3.63, 3.8) is 0 Å². The van der Waals surface area contributed by atoms with Crippen molar-refractivity contribution in [3.05, 3.63) is 29.8 Å². The lowest BCUT2D eigenvalue weighted by atomic mass is 10.1. The summed E-state index contributed by atoms with van der Waals surface area (Å²) in [6, 6.07) is 6.23. The van der Waals surface area contributed by atoms with Gasteiger partial charge in [-0.05, 0) is 45.0 Å². The van der Waals surface area contributed by atoms with Gasteiger partial charge in [0.05, 0.1) is 10.9 Å². The first-order chi connectivity index (χ1) is 9.76. The van der Waals surface area contributed by atoms with Crippen LogP contribution >= 0.6 is 0 Å². The first-order valence-corrected chi connectivity index (χ1v) is 8.33. The number of rotatable bonds is 7. The molecular weight excluding hydrogens is 290 g/mol. The van der Waals surface area contributed by atoms with Crippen molar-refractivity contribution < 1.29 is 13.2 Å². The molecule has 0 spiro atoms. The van der Waals surface area contributed by atoms with Crippen molar-refractivity contribution in [1.29, 1.82) is 0 Å². The van der Waals surface area contributed by atoms with Gasteiger partial charge in [-0.3, -0.25) is 4.79 Å². The SMILES string of the molecule is CNS(=O)(=O)c1cccc(C(C)NC(=O)CCC(C)N)c1. The summed E-state index contributed by atoms with van der Waals surface area (Å²) in [5.41, 5.74) is 6.35. The van der Waals surface area contributed by atoms with Crippen molar-refractivity contribution in [3.8, 4) is 0 Å². The highest BCUT2D eigenvalue weighted by Gasteiger charge is 2.15. The van der Waals surface area contributed by atoms with E-state index in [2.05, 4.69) is 10.0 Å². The molecule has 0 bridgehead atoms. The highest BCUT2D eigenvalue weighted by Crippen LogP contribution is 2.17. The van der Waals surface area contributed by atoms with Crippen molar-refractivity contribution in [1.82, 2.24) is 10.0 Å². The zero-order chi connectivity index (χ0) is 16.0. The highest BCUT2D eigenvalue weighted by atomic mass is 32.2. The Morgan fingerprint density at radius 2 is 2.00 bits per heavy atom. The van der Waals surface area contributed by atoms with Crippen LogP contribution < -0.4 is 15.8 Å². The molecule has 2 atom stereocenters. The lowest BCUT2D eigenvalue weighted by Crippen LogP contribution is -2.28. The number of amides is 1. The van der Waals surface area contributed by atoms with Crippen molar-refractivity contribution in [2.24, 2.45) is 5.73 Å². The van der Waals surface area contributed by atoms with E-state index in [1.807, 2.05) is 13.8 Å². The molecule has 6 nitrogen and oxygen atoms in total. The van der Waals surface area contributed by atoms with E-state index >= 15 is 0 Å². The maximum Gasteiger partial charge on any atom is 0.240 e. The predicted molar refractivity (Wildman–Crippen MR) is 82.1 cm³/mol. The number of nitrogens with two attached hydrogens (primary N) is 1. The summed E-state index contributed by atoms with van der Waals surface area (Å²) in [6.07, 6.45) is 0.975. The molecule has 1 aromatic rings. The molecule has 1 amide bonds. The molecule has 0 aliphatic heterocycles. The van der Waals surface area contributed by atoms with E-state index in [0.29, 0.717) is 12.8 Å². The zero-order valence-corrected chi connectivity index (χ0v) is 13.4. The average Bonchev–Trinajstić information content (AvgIpc) is 2.45. The lowest BCUT2D eigenvalue weighted by Gasteiger charge is -2.16. The lowest BCUT2D eigenvalue weighted by molar-refractivity contribution is -0.121. The van der Waals surface area contributed by atoms with Crippen LogP contribution in [0.2, 0.25) is 0 Å². The third-order valence-corrected chi connectivity index (χ3v) is 4.55. The highest BCUT2D eigenvalue weighted by molar-refractivity contribution is 7.89. The van der Waals surface area contributed by atoms with Gasteiger partial charge in [-0.2, -0.15) is 0 Å². The Bertz CT molecular complexity index is 585. The summed E-state index contributed by atoms with van der Waals surface area (Å²) in [4.78, 5) is 12.0. The second kappa shape index (κ2) is 7.53. The summed E-state index contributed by atoms with van der Waals surface area (Å²) in [5.74, 6) is -0.0957. The van der Waals surface area contributed by atoms with Gasteiger partial charge in [0.1, 0.15) is 0 Å². The topological polar surface area (TPSA) is 101 Å². The van der Waals surface area contributed by atoms with E-state index in [9.17, 15) is 13.2 Å². The molecule has 2 unspecified atom stereocenters. The number of hydrogen-bond donors (Lipinski definition) is 3. The van der Waals surface area contributed by atoms with Crippen LogP contribution in [0.5, 0.6) is 0 Å². The minimum Gasteiger partial charge on any atom is -0.350 e. The van der Waals surface area contributed by atoms with Crippen LogP contribution in [0.4, 0.5) is 0 Å². The van der Waals surface area contributed by atoms with Gasteiger partial charge in [0, 0.05) is 12.5 Å². The number of sulfonamides is 1. The van der Waals surface area contributed by atoms with Gasteiger partial charge >= 0.3 is 0 Å². The Kier molecular flexibility index (Phi) is 6.32. The van der Waals surface area contributed by atoms with Gasteiger partial charge < -0.3 is 11.1 Å². The van der Waals surface area contributed by atoms with E-state index in [4.69, 9.17) is 5.73 Å². The molecule has 118 valence electrons. The number of hydrogen-bond acceptors (Lipinski definition) is 4. The molecule has 0 aliphatic rings. The molecule has 0 saturated heterocycles. The first kappa shape index (κ1) is 17.6. The number of benzene rings is 1. The van der Waals surface area contributed by atoms with Crippen LogP contribution in [0.1, 0.15) is 38.3 Å². The Morgan fingerprint density at radius 3 is 2.57 bits per heavy atom. The summed E-state index contributed by atoms with van der Waals surface area (Å²) in [6.45, 7) is 3.66. The fourth-order valence-corrected chi connectivity index (χ4v) is 2.61. The quantitative estimate of drug-likeness (QED) is 0.696. The maximum atomic E-state index is 11.8. The molecule has 1 rings (SSSR count). The molecule has 7 heteroatoms. The van der Waals surface area contributed by atoms with Gasteiger partial charge in [0.15, 0.2) is 0 Å². The zero-order valence-electron chi connectivity index (χ0n) is 12.6. The Morgan fingerprint density at radius 1 is 1.33 bits per heavy atom. The normalized spacial score (nSPS) is 14.5. The molecule has 0 aliphatic carbocycles. The Balaban J connectivity index is 2.77. The monoisotopic (exact) mass is 313 g/mol. The van der Waals surface area contributed by atoms with Crippen LogP contribution in [-0.4, -0.2) is 27.4 Å². The van der Waals surface area contributed by atoms with Crippen molar-refractivity contribution in [2.75, 3.05) is 7.05 Å². The van der Waals surface area contributed by atoms with Gasteiger partial charge in [-0.25, -0.2) is 13.1 Å². The van der Waals surface area contributed by atoms with Gasteiger partial charge in [-0.15, -0.1) is 0 Å². The van der Waals surface area contributed by atoms with Crippen LogP contribution in [0, 0.1) is 0 Å². The summed E-state index contributed by atoms with van der Waals surface area (Å²) < 4.78 is 25.8. The molecular formula is C14H23N3O3S. The smallest absolute Gasteiger partial charge is 0.240 e. The van der Waals surface area contributed by atoms with Crippen LogP contribution in [-0.2, 0) is 14.8 Å². The van der Waals surface area contributed by atoms with Gasteiger partial charge in [0.2, 0.25) is 15.9 Å². The third-order valence-electron chi connectivity index (χ3n) is 3.14. The summed E-state index contributed by atoms with van der Waals surface area (Å²) >= 11 is 0. The molecule has 0 fully saturated rings. The average molecular weight is 313 g/mol. The summed E-state index contributed by atoms with van der Waals surface area (Å²) in [5, 5.41) is 2.84. The van der Waals surface area contributed by atoms with E-state index in [1.165, 1.54) is 13.1 Å². The number of carbonyl (C=O) groups excluding carboxylic acids is 1. The molecule has 1 aromatic carbocycles. The maximum absolute atomic E-state index is 11.8. The minimum atomic E-state index is -3.48. The van der Waals surface area contributed by atoms with Crippen LogP contribution in [0.25, 0.3) is 0 Å². The fraction of sp³-hybridized carbons (Fsp3) is 0.500. The Labute approximate surface area is 126 Å². The molecule has 0 radical (unpaired) electrons. The van der Waals surface area contributed by atoms with E-state index in [-0.39, 0.29) is 22.9 Å². The standard InChI is InChI=1S/C14H23N3O3S/c1-10(15)7-8-14(18)17-11(2)12-5-4-6-13(9-12)21(19,20)16-3/h4-6,9-11,16H,7-8,15H2,1-3H3,(H,17,18). The molecule has 0 aromatic heterocycles. The molecule has 4 N–H and O–H groups in total. The number of carbonyl (C=O) groups is 1. The van der Waals surface area contributed by atoms with E-state index in [0.717, 1.165) is 5.56 Å².